The molecular weight excluding hydrogens is 412 g/mol. The first-order valence-electron chi connectivity index (χ1n) is 10.3. The molecule has 3 atom stereocenters. The quantitative estimate of drug-likeness (QED) is 0.527. The molecule has 0 bridgehead atoms. The summed E-state index contributed by atoms with van der Waals surface area (Å²) >= 11 is 0. The molecule has 1 saturated heterocycles. The minimum absolute atomic E-state index is 0.182. The molecule has 1 N–H and O–H groups in total. The van der Waals surface area contributed by atoms with Crippen molar-refractivity contribution >= 4 is 38.5 Å². The minimum atomic E-state index is -1.34. The molecule has 0 saturated carbocycles. The second kappa shape index (κ2) is 6.37. The maximum Gasteiger partial charge on any atom is 0.262 e. The molecule has 1 unspecified atom stereocenters. The standard InChI is InChI=1S/C23H20N4O3S/c1-23-22-25-18-9-5-3-7-16(18)20(28)27(22)19(21(29)26(23)10-11-31(23)30)13-15-12-14-6-2-4-8-17(14)24-15/h2-9,12,19,24H,10-11,13H2,1H3/t19-,23+,31?/m1/s1. The number of para-hydroxylation sites is 2. The number of benzene rings is 2. The van der Waals surface area contributed by atoms with Gasteiger partial charge in [0.2, 0.25) is 5.91 Å². The van der Waals surface area contributed by atoms with Gasteiger partial charge >= 0.3 is 0 Å². The summed E-state index contributed by atoms with van der Waals surface area (Å²) in [6.07, 6.45) is 0.333. The lowest BCUT2D eigenvalue weighted by molar-refractivity contribution is -0.140. The number of amides is 1. The fourth-order valence-corrected chi connectivity index (χ4v) is 6.46. The maximum absolute atomic E-state index is 13.6. The molecule has 1 amide bonds. The lowest BCUT2D eigenvalue weighted by Crippen LogP contribution is -2.57. The second-order valence-electron chi connectivity index (χ2n) is 8.25. The van der Waals surface area contributed by atoms with Crippen LogP contribution in [0.1, 0.15) is 24.5 Å². The molecule has 2 aromatic heterocycles. The van der Waals surface area contributed by atoms with E-state index in [1.807, 2.05) is 36.4 Å². The summed E-state index contributed by atoms with van der Waals surface area (Å²) in [5.41, 5.74) is 2.15. The Bertz CT molecular complexity index is 1440. The van der Waals surface area contributed by atoms with Gasteiger partial charge in [0, 0.05) is 29.9 Å². The monoisotopic (exact) mass is 432 g/mol. The van der Waals surface area contributed by atoms with Crippen molar-refractivity contribution < 1.29 is 9.00 Å². The number of H-pyrrole nitrogens is 1. The Hall–Kier alpha value is -3.26. The molecule has 4 aromatic rings. The van der Waals surface area contributed by atoms with Gasteiger partial charge in [-0.25, -0.2) is 4.98 Å². The van der Waals surface area contributed by atoms with E-state index in [1.165, 1.54) is 4.57 Å². The normalized spacial score (nSPS) is 25.2. The molecule has 1 fully saturated rings. The van der Waals surface area contributed by atoms with Crippen molar-refractivity contribution in [3.63, 3.8) is 0 Å². The van der Waals surface area contributed by atoms with Gasteiger partial charge in [-0.1, -0.05) is 30.3 Å². The lowest BCUT2D eigenvalue weighted by Gasteiger charge is -2.42. The third-order valence-electron chi connectivity index (χ3n) is 6.54. The van der Waals surface area contributed by atoms with E-state index in [0.717, 1.165) is 16.6 Å². The first-order valence-corrected chi connectivity index (χ1v) is 11.6. The molecule has 7 nitrogen and oxygen atoms in total. The highest BCUT2D eigenvalue weighted by Crippen LogP contribution is 2.42. The van der Waals surface area contributed by atoms with Crippen LogP contribution in [-0.4, -0.2) is 41.8 Å². The molecule has 4 heterocycles. The number of carbonyl (C=O) groups excluding carboxylic acids is 1. The van der Waals surface area contributed by atoms with Crippen molar-refractivity contribution in [3.05, 3.63) is 76.5 Å². The second-order valence-corrected chi connectivity index (χ2v) is 10.1. The van der Waals surface area contributed by atoms with Gasteiger partial charge < -0.3 is 9.88 Å². The third-order valence-corrected chi connectivity index (χ3v) is 8.39. The van der Waals surface area contributed by atoms with Crippen LogP contribution in [0, 0.1) is 0 Å². The average molecular weight is 433 g/mol. The van der Waals surface area contributed by atoms with E-state index in [1.54, 1.807) is 30.0 Å². The Morgan fingerprint density at radius 2 is 1.94 bits per heavy atom. The van der Waals surface area contributed by atoms with Crippen LogP contribution in [-0.2, 0) is 26.9 Å². The van der Waals surface area contributed by atoms with E-state index < -0.39 is 21.7 Å². The van der Waals surface area contributed by atoms with Crippen LogP contribution in [0.2, 0.25) is 0 Å². The summed E-state index contributed by atoms with van der Waals surface area (Å²) in [6, 6.07) is 16.3. The number of nitrogens with zero attached hydrogens (tertiary/aromatic N) is 3. The third kappa shape index (κ3) is 2.45. The summed E-state index contributed by atoms with van der Waals surface area (Å²) in [7, 11) is -1.34. The number of aromatic amines is 1. The van der Waals surface area contributed by atoms with Crippen molar-refractivity contribution in [1.82, 2.24) is 19.4 Å². The summed E-state index contributed by atoms with van der Waals surface area (Å²) in [6.45, 7) is 2.16. The molecule has 2 aromatic carbocycles. The molecule has 6 rings (SSSR count). The van der Waals surface area contributed by atoms with Gasteiger partial charge in [-0.2, -0.15) is 0 Å². The van der Waals surface area contributed by atoms with Crippen LogP contribution in [0.25, 0.3) is 21.8 Å². The smallest absolute Gasteiger partial charge is 0.262 e. The number of hydrogen-bond donors (Lipinski definition) is 1. The van der Waals surface area contributed by atoms with Crippen molar-refractivity contribution in [2.24, 2.45) is 0 Å². The Morgan fingerprint density at radius 3 is 2.77 bits per heavy atom. The van der Waals surface area contributed by atoms with Gasteiger partial charge in [0.1, 0.15) is 6.04 Å². The van der Waals surface area contributed by atoms with E-state index in [-0.39, 0.29) is 11.5 Å². The summed E-state index contributed by atoms with van der Waals surface area (Å²) in [5.74, 6) is 0.607. The highest BCUT2D eigenvalue weighted by atomic mass is 32.2. The zero-order valence-corrected chi connectivity index (χ0v) is 17.7. The van der Waals surface area contributed by atoms with Crippen molar-refractivity contribution in [3.8, 4) is 0 Å². The SMILES string of the molecule is C[C@]12c3nc4ccccc4c(=O)n3[C@H](Cc3cc4ccccc4[nH]3)C(=O)N1CCS2=O. The molecule has 156 valence electrons. The highest BCUT2D eigenvalue weighted by Gasteiger charge is 2.56. The zero-order valence-electron chi connectivity index (χ0n) is 16.9. The van der Waals surface area contributed by atoms with E-state index in [9.17, 15) is 13.8 Å². The van der Waals surface area contributed by atoms with Gasteiger partial charge in [0.05, 0.1) is 21.7 Å². The average Bonchev–Trinajstić information content (AvgIpc) is 3.32. The summed E-state index contributed by atoms with van der Waals surface area (Å²) < 4.78 is 14.5. The molecule has 0 radical (unpaired) electrons. The van der Waals surface area contributed by atoms with Crippen LogP contribution >= 0.6 is 0 Å². The van der Waals surface area contributed by atoms with Gasteiger partial charge in [-0.15, -0.1) is 0 Å². The Kier molecular flexibility index (Phi) is 3.80. The van der Waals surface area contributed by atoms with Gasteiger partial charge in [0.15, 0.2) is 10.7 Å². The fraction of sp³-hybridized carbons (Fsp3) is 0.261. The van der Waals surface area contributed by atoms with Gasteiger partial charge in [0.25, 0.3) is 5.56 Å². The summed E-state index contributed by atoms with van der Waals surface area (Å²) in [4.78, 5) is 35.9. The van der Waals surface area contributed by atoms with E-state index in [2.05, 4.69) is 4.98 Å². The van der Waals surface area contributed by atoms with Crippen molar-refractivity contribution in [1.29, 1.82) is 0 Å². The largest absolute Gasteiger partial charge is 0.358 e. The fourth-order valence-electron chi connectivity index (χ4n) is 4.94. The van der Waals surface area contributed by atoms with Crippen LogP contribution in [0.3, 0.4) is 0 Å². The number of fused-ring (bicyclic) bond motifs is 5. The maximum atomic E-state index is 13.6. The number of nitrogens with one attached hydrogen (secondary N) is 1. The number of aromatic nitrogens is 3. The Balaban J connectivity index is 1.60. The van der Waals surface area contributed by atoms with Crippen LogP contribution < -0.4 is 5.56 Å². The zero-order chi connectivity index (χ0) is 21.3. The lowest BCUT2D eigenvalue weighted by atomic mass is 10.0. The molecule has 31 heavy (non-hydrogen) atoms. The van der Waals surface area contributed by atoms with E-state index in [4.69, 9.17) is 4.98 Å². The molecule has 0 aliphatic carbocycles. The van der Waals surface area contributed by atoms with E-state index in [0.29, 0.717) is 35.4 Å². The highest BCUT2D eigenvalue weighted by molar-refractivity contribution is 7.86. The minimum Gasteiger partial charge on any atom is -0.358 e. The molecule has 8 heteroatoms. The molecular formula is C23H20N4O3S. The van der Waals surface area contributed by atoms with Crippen LogP contribution in [0.5, 0.6) is 0 Å². The van der Waals surface area contributed by atoms with Crippen molar-refractivity contribution in [2.75, 3.05) is 12.3 Å². The summed E-state index contributed by atoms with van der Waals surface area (Å²) in [5, 5.41) is 1.51. The van der Waals surface area contributed by atoms with Gasteiger partial charge in [-0.3, -0.25) is 18.4 Å². The Morgan fingerprint density at radius 1 is 1.16 bits per heavy atom. The number of carbonyl (C=O) groups is 1. The number of hydrogen-bond acceptors (Lipinski definition) is 4. The van der Waals surface area contributed by atoms with Crippen LogP contribution in [0.4, 0.5) is 0 Å². The predicted octanol–water partition coefficient (Wildman–Crippen LogP) is 2.44. The van der Waals surface area contributed by atoms with Gasteiger partial charge in [-0.05, 0) is 36.6 Å². The topological polar surface area (TPSA) is 88.1 Å². The molecule has 0 spiro atoms. The molecule has 2 aliphatic rings. The Labute approximate surface area is 180 Å². The number of rotatable bonds is 2. The van der Waals surface area contributed by atoms with Crippen molar-refractivity contribution in [2.45, 2.75) is 24.3 Å². The predicted molar refractivity (Wildman–Crippen MR) is 119 cm³/mol. The first kappa shape index (κ1) is 18.5. The van der Waals surface area contributed by atoms with Crippen LogP contribution in [0.15, 0.2) is 59.4 Å². The first-order chi connectivity index (χ1) is 15.0. The van der Waals surface area contributed by atoms with E-state index >= 15 is 0 Å². The molecule has 2 aliphatic heterocycles.